The van der Waals surface area contributed by atoms with E-state index >= 15 is 0 Å². The van der Waals surface area contributed by atoms with Crippen molar-refractivity contribution in [1.29, 1.82) is 0 Å². The summed E-state index contributed by atoms with van der Waals surface area (Å²) in [4.78, 5) is -0.0622. The maximum Gasteiger partial charge on any atom is 0.573 e. The summed E-state index contributed by atoms with van der Waals surface area (Å²) in [5.41, 5.74) is 0. The summed E-state index contributed by atoms with van der Waals surface area (Å²) in [5.74, 6) is -0.318. The molecule has 1 fully saturated rings. The summed E-state index contributed by atoms with van der Waals surface area (Å²) in [6, 6.07) is 4.22. The van der Waals surface area contributed by atoms with Gasteiger partial charge in [-0.2, -0.15) is 4.31 Å². The second kappa shape index (κ2) is 7.06. The molecule has 0 N–H and O–H groups in total. The van der Waals surface area contributed by atoms with Crippen molar-refractivity contribution in [1.82, 2.24) is 4.31 Å². The molecule has 0 radical (unpaired) electrons. The van der Waals surface area contributed by atoms with Crippen molar-refractivity contribution in [3.63, 3.8) is 0 Å². The zero-order valence-corrected chi connectivity index (χ0v) is 13.4. The van der Waals surface area contributed by atoms with E-state index in [0.29, 0.717) is 19.8 Å². The third-order valence-corrected chi connectivity index (χ3v) is 5.49. The predicted octanol–water partition coefficient (Wildman–Crippen LogP) is 2.63. The molecule has 1 aromatic carbocycles. The van der Waals surface area contributed by atoms with Crippen LogP contribution in [-0.4, -0.2) is 45.4 Å². The summed E-state index contributed by atoms with van der Waals surface area (Å²) in [7, 11) is -3.76. The van der Waals surface area contributed by atoms with Gasteiger partial charge >= 0.3 is 6.36 Å². The Hall–Kier alpha value is -1.32. The largest absolute Gasteiger partial charge is 0.573 e. The van der Waals surface area contributed by atoms with E-state index in [9.17, 15) is 21.6 Å². The topological polar surface area (TPSA) is 55.8 Å². The molecule has 1 aliphatic heterocycles. The van der Waals surface area contributed by atoms with Gasteiger partial charge in [0.2, 0.25) is 10.0 Å². The van der Waals surface area contributed by atoms with Gasteiger partial charge in [-0.15, -0.1) is 13.2 Å². The van der Waals surface area contributed by atoms with E-state index < -0.39 is 22.1 Å². The first-order valence-electron chi connectivity index (χ1n) is 7.16. The Kier molecular flexibility index (Phi) is 5.53. The van der Waals surface area contributed by atoms with E-state index in [1.165, 1.54) is 4.31 Å². The molecular weight excluding hydrogens is 335 g/mol. The van der Waals surface area contributed by atoms with E-state index in [2.05, 4.69) is 4.74 Å². The molecule has 0 spiro atoms. The highest BCUT2D eigenvalue weighted by atomic mass is 32.2. The molecule has 0 bridgehead atoms. The third kappa shape index (κ3) is 4.82. The minimum atomic E-state index is -4.81. The molecule has 1 unspecified atom stereocenters. The molecule has 0 saturated carbocycles. The lowest BCUT2D eigenvalue weighted by Crippen LogP contribution is -2.35. The van der Waals surface area contributed by atoms with Gasteiger partial charge in [-0.25, -0.2) is 8.42 Å². The van der Waals surface area contributed by atoms with Crippen LogP contribution in [0.5, 0.6) is 5.75 Å². The first kappa shape index (κ1) is 18.0. The number of ether oxygens (including phenoxy) is 2. The Morgan fingerprint density at radius 2 is 1.96 bits per heavy atom. The second-order valence-corrected chi connectivity index (χ2v) is 7.14. The molecule has 1 saturated heterocycles. The standard InChI is InChI=1S/C14H18F3NO4S/c1-2-18(9-11-7-8-21-10-11)23(19,20)13-5-3-12(4-6-13)22-14(15,16)17/h3-6,11H,2,7-10H2,1H3. The van der Waals surface area contributed by atoms with Crippen molar-refractivity contribution < 1.29 is 31.1 Å². The van der Waals surface area contributed by atoms with Crippen LogP contribution in [0.4, 0.5) is 13.2 Å². The zero-order valence-electron chi connectivity index (χ0n) is 12.5. The smallest absolute Gasteiger partial charge is 0.406 e. The lowest BCUT2D eigenvalue weighted by molar-refractivity contribution is -0.274. The molecule has 0 aliphatic carbocycles. The molecule has 0 aromatic heterocycles. The molecule has 1 atom stereocenters. The Morgan fingerprint density at radius 1 is 1.30 bits per heavy atom. The fraction of sp³-hybridized carbons (Fsp3) is 0.571. The molecule has 1 heterocycles. The van der Waals surface area contributed by atoms with Crippen molar-refractivity contribution >= 4 is 10.0 Å². The maximum absolute atomic E-state index is 12.6. The van der Waals surface area contributed by atoms with Gasteiger partial charge in [0.15, 0.2) is 0 Å². The van der Waals surface area contributed by atoms with Crippen LogP contribution in [0.15, 0.2) is 29.2 Å². The summed E-state index contributed by atoms with van der Waals surface area (Å²) < 4.78 is 71.8. The SMILES string of the molecule is CCN(CC1CCOC1)S(=O)(=O)c1ccc(OC(F)(F)F)cc1. The van der Waals surface area contributed by atoms with Crippen molar-refractivity contribution in [3.8, 4) is 5.75 Å². The molecule has 9 heteroatoms. The second-order valence-electron chi connectivity index (χ2n) is 5.20. The number of hydrogen-bond acceptors (Lipinski definition) is 4. The van der Waals surface area contributed by atoms with Gasteiger partial charge in [-0.05, 0) is 36.6 Å². The lowest BCUT2D eigenvalue weighted by atomic mass is 10.1. The molecular formula is C14H18F3NO4S. The van der Waals surface area contributed by atoms with Crippen LogP contribution < -0.4 is 4.74 Å². The van der Waals surface area contributed by atoms with Gasteiger partial charge in [0.25, 0.3) is 0 Å². The number of rotatable bonds is 6. The zero-order chi connectivity index (χ0) is 17.1. The average Bonchev–Trinajstić information content (AvgIpc) is 2.96. The van der Waals surface area contributed by atoms with Crippen LogP contribution in [0, 0.1) is 5.92 Å². The minimum Gasteiger partial charge on any atom is -0.406 e. The van der Waals surface area contributed by atoms with E-state index in [-0.39, 0.29) is 17.4 Å². The molecule has 0 amide bonds. The molecule has 1 aliphatic rings. The molecule has 130 valence electrons. The molecule has 1 aromatic rings. The van der Waals surface area contributed by atoms with Gasteiger partial charge in [0.05, 0.1) is 11.5 Å². The Balaban J connectivity index is 2.13. The van der Waals surface area contributed by atoms with Gasteiger partial charge in [0.1, 0.15) is 5.75 Å². The van der Waals surface area contributed by atoms with Gasteiger partial charge in [-0.3, -0.25) is 0 Å². The molecule has 23 heavy (non-hydrogen) atoms. The highest BCUT2D eigenvalue weighted by Crippen LogP contribution is 2.26. The number of halogens is 3. The fourth-order valence-corrected chi connectivity index (χ4v) is 3.90. The number of hydrogen-bond donors (Lipinski definition) is 0. The van der Waals surface area contributed by atoms with Crippen molar-refractivity contribution in [3.05, 3.63) is 24.3 Å². The maximum atomic E-state index is 12.6. The summed E-state index contributed by atoms with van der Waals surface area (Å²) in [6.45, 7) is 3.46. The first-order valence-corrected chi connectivity index (χ1v) is 8.60. The predicted molar refractivity (Wildman–Crippen MR) is 76.5 cm³/mol. The molecule has 5 nitrogen and oxygen atoms in total. The number of benzene rings is 1. The van der Waals surface area contributed by atoms with Crippen molar-refractivity contribution in [2.45, 2.75) is 24.6 Å². The minimum absolute atomic E-state index is 0.0622. The Labute approximate surface area is 133 Å². The third-order valence-electron chi connectivity index (χ3n) is 3.53. The number of nitrogens with zero attached hydrogens (tertiary/aromatic N) is 1. The van der Waals surface area contributed by atoms with Crippen LogP contribution in [0.3, 0.4) is 0 Å². The van der Waals surface area contributed by atoms with Crippen LogP contribution >= 0.6 is 0 Å². The average molecular weight is 353 g/mol. The first-order chi connectivity index (χ1) is 10.7. The normalized spacial score (nSPS) is 19.3. The van der Waals surface area contributed by atoms with Gasteiger partial charge < -0.3 is 9.47 Å². The Morgan fingerprint density at radius 3 is 2.43 bits per heavy atom. The van der Waals surface area contributed by atoms with Crippen molar-refractivity contribution in [2.24, 2.45) is 5.92 Å². The van der Waals surface area contributed by atoms with Crippen LogP contribution in [-0.2, 0) is 14.8 Å². The van der Waals surface area contributed by atoms with E-state index in [1.54, 1.807) is 6.92 Å². The number of sulfonamides is 1. The summed E-state index contributed by atoms with van der Waals surface area (Å²) >= 11 is 0. The van der Waals surface area contributed by atoms with Crippen LogP contribution in [0.25, 0.3) is 0 Å². The summed E-state index contributed by atoms with van der Waals surface area (Å²) in [6.07, 6.45) is -4.01. The fourth-order valence-electron chi connectivity index (χ4n) is 2.37. The molecule has 2 rings (SSSR count). The van der Waals surface area contributed by atoms with Gasteiger partial charge in [0, 0.05) is 19.7 Å². The van der Waals surface area contributed by atoms with Gasteiger partial charge in [-0.1, -0.05) is 6.92 Å². The van der Waals surface area contributed by atoms with Crippen LogP contribution in [0.1, 0.15) is 13.3 Å². The number of alkyl halides is 3. The lowest BCUT2D eigenvalue weighted by Gasteiger charge is -2.23. The summed E-state index contributed by atoms with van der Waals surface area (Å²) in [5, 5.41) is 0. The quantitative estimate of drug-likeness (QED) is 0.789. The van der Waals surface area contributed by atoms with E-state index in [4.69, 9.17) is 4.74 Å². The van der Waals surface area contributed by atoms with Crippen LogP contribution in [0.2, 0.25) is 0 Å². The van der Waals surface area contributed by atoms with E-state index in [1.807, 2.05) is 0 Å². The Bertz CT molecular complexity index is 610. The van der Waals surface area contributed by atoms with E-state index in [0.717, 1.165) is 30.7 Å². The highest BCUT2D eigenvalue weighted by molar-refractivity contribution is 7.89. The van der Waals surface area contributed by atoms with Crippen molar-refractivity contribution in [2.75, 3.05) is 26.3 Å². The highest BCUT2D eigenvalue weighted by Gasteiger charge is 2.32. The monoisotopic (exact) mass is 353 g/mol.